The fraction of sp³-hybridized carbons (Fsp3) is 0.750. The van der Waals surface area contributed by atoms with E-state index in [2.05, 4.69) is 24.1 Å². The molecule has 0 saturated carbocycles. The number of aryl methyl sites for hydroxylation is 1. The van der Waals surface area contributed by atoms with Crippen molar-refractivity contribution in [3.05, 3.63) is 15.6 Å². The molecule has 1 aliphatic rings. The molecule has 0 amide bonds. The largest absolute Gasteiger partial charge is 0.310 e. The van der Waals surface area contributed by atoms with Gasteiger partial charge in [-0.25, -0.2) is 13.4 Å². The molecule has 2 rings (SSSR count). The number of thiazole rings is 1. The van der Waals surface area contributed by atoms with E-state index in [1.807, 2.05) is 6.92 Å². The first-order valence-corrected chi connectivity index (χ1v) is 8.97. The van der Waals surface area contributed by atoms with Crippen LogP contribution in [-0.4, -0.2) is 31.5 Å². The smallest absolute Gasteiger partial charge is 0.151 e. The van der Waals surface area contributed by atoms with Crippen LogP contribution >= 0.6 is 11.3 Å². The summed E-state index contributed by atoms with van der Waals surface area (Å²) in [7, 11) is -2.83. The van der Waals surface area contributed by atoms with Crippen molar-refractivity contribution in [3.8, 4) is 0 Å². The maximum atomic E-state index is 11.5. The number of nitrogens with zero attached hydrogens (tertiary/aromatic N) is 1. The molecule has 0 spiro atoms. The van der Waals surface area contributed by atoms with Crippen LogP contribution in [0.1, 0.15) is 47.8 Å². The Morgan fingerprint density at radius 2 is 2.28 bits per heavy atom. The number of rotatable bonds is 4. The van der Waals surface area contributed by atoms with Crippen LogP contribution in [0.2, 0.25) is 0 Å². The summed E-state index contributed by atoms with van der Waals surface area (Å²) >= 11 is 1.67. The lowest BCUT2D eigenvalue weighted by Gasteiger charge is -2.10. The van der Waals surface area contributed by atoms with Crippen LogP contribution in [0.5, 0.6) is 0 Å². The summed E-state index contributed by atoms with van der Waals surface area (Å²) in [6, 6.07) is 0.291. The Balaban J connectivity index is 2.19. The number of aromatic nitrogens is 1. The summed E-state index contributed by atoms with van der Waals surface area (Å²) in [6.45, 7) is 7.13. The standard InChI is InChI=1S/C12H20N2O2S2/c1-4-13-8(2)11-9(3)14-12(17-11)10-5-6-18(15,16)7-10/h8,10,13H,4-7H2,1-3H3. The minimum absolute atomic E-state index is 0.112. The molecule has 2 heterocycles. The van der Waals surface area contributed by atoms with E-state index in [0.717, 1.165) is 23.7 Å². The van der Waals surface area contributed by atoms with Gasteiger partial charge in [0.2, 0.25) is 0 Å². The highest BCUT2D eigenvalue weighted by molar-refractivity contribution is 7.91. The average molecular weight is 288 g/mol. The first kappa shape index (κ1) is 14.0. The lowest BCUT2D eigenvalue weighted by molar-refractivity contribution is 0.601. The normalized spacial score (nSPS) is 24.3. The zero-order chi connectivity index (χ0) is 13.3. The van der Waals surface area contributed by atoms with Gasteiger partial charge in [0.15, 0.2) is 9.84 Å². The molecule has 1 fully saturated rings. The molecule has 1 aliphatic heterocycles. The zero-order valence-electron chi connectivity index (χ0n) is 11.1. The van der Waals surface area contributed by atoms with Gasteiger partial charge < -0.3 is 5.32 Å². The maximum absolute atomic E-state index is 11.5. The quantitative estimate of drug-likeness (QED) is 0.921. The van der Waals surface area contributed by atoms with E-state index >= 15 is 0 Å². The number of nitrogens with one attached hydrogen (secondary N) is 1. The molecule has 1 saturated heterocycles. The molecule has 4 nitrogen and oxygen atoms in total. The van der Waals surface area contributed by atoms with Gasteiger partial charge in [0.25, 0.3) is 0 Å². The van der Waals surface area contributed by atoms with Crippen LogP contribution in [-0.2, 0) is 9.84 Å². The van der Waals surface area contributed by atoms with Crippen molar-refractivity contribution in [2.75, 3.05) is 18.1 Å². The monoisotopic (exact) mass is 288 g/mol. The van der Waals surface area contributed by atoms with Crippen molar-refractivity contribution in [1.29, 1.82) is 0 Å². The topological polar surface area (TPSA) is 59.1 Å². The zero-order valence-corrected chi connectivity index (χ0v) is 12.7. The number of sulfone groups is 1. The Kier molecular flexibility index (Phi) is 4.08. The molecule has 1 aromatic rings. The van der Waals surface area contributed by atoms with E-state index in [9.17, 15) is 8.42 Å². The fourth-order valence-corrected chi connectivity index (χ4v) is 5.48. The van der Waals surface area contributed by atoms with Crippen LogP contribution in [0, 0.1) is 6.92 Å². The molecule has 0 aromatic carbocycles. The Bertz CT molecular complexity index is 522. The summed E-state index contributed by atoms with van der Waals surface area (Å²) < 4.78 is 23.0. The van der Waals surface area contributed by atoms with Crippen LogP contribution in [0.15, 0.2) is 0 Å². The molecular weight excluding hydrogens is 268 g/mol. The van der Waals surface area contributed by atoms with Gasteiger partial charge in [0.1, 0.15) is 0 Å². The molecule has 0 radical (unpaired) electrons. The molecular formula is C12H20N2O2S2. The number of hydrogen-bond donors (Lipinski definition) is 1. The average Bonchev–Trinajstić information content (AvgIpc) is 2.82. The van der Waals surface area contributed by atoms with Crippen LogP contribution in [0.4, 0.5) is 0 Å². The Hall–Kier alpha value is -0.460. The van der Waals surface area contributed by atoms with E-state index in [4.69, 9.17) is 0 Å². The molecule has 18 heavy (non-hydrogen) atoms. The predicted molar refractivity (Wildman–Crippen MR) is 75.0 cm³/mol. The Morgan fingerprint density at radius 3 is 2.83 bits per heavy atom. The summed E-state index contributed by atoms with van der Waals surface area (Å²) in [6.07, 6.45) is 0.727. The van der Waals surface area contributed by atoms with Gasteiger partial charge in [-0.15, -0.1) is 11.3 Å². The first-order valence-electron chi connectivity index (χ1n) is 6.34. The van der Waals surface area contributed by atoms with Gasteiger partial charge in [0.05, 0.1) is 22.2 Å². The third kappa shape index (κ3) is 2.92. The summed E-state index contributed by atoms with van der Waals surface area (Å²) in [5, 5.41) is 4.37. The highest BCUT2D eigenvalue weighted by Crippen LogP contribution is 2.35. The second-order valence-electron chi connectivity index (χ2n) is 4.88. The van der Waals surface area contributed by atoms with E-state index in [0.29, 0.717) is 11.8 Å². The molecule has 6 heteroatoms. The maximum Gasteiger partial charge on any atom is 0.151 e. The third-order valence-corrected chi connectivity index (χ3v) is 6.60. The van der Waals surface area contributed by atoms with Crippen molar-refractivity contribution in [2.24, 2.45) is 0 Å². The summed E-state index contributed by atoms with van der Waals surface area (Å²) in [5.41, 5.74) is 1.03. The number of hydrogen-bond acceptors (Lipinski definition) is 5. The van der Waals surface area contributed by atoms with E-state index in [-0.39, 0.29) is 11.7 Å². The minimum Gasteiger partial charge on any atom is -0.310 e. The van der Waals surface area contributed by atoms with Crippen molar-refractivity contribution in [1.82, 2.24) is 10.3 Å². The lowest BCUT2D eigenvalue weighted by Crippen LogP contribution is -2.17. The molecule has 1 N–H and O–H groups in total. The van der Waals surface area contributed by atoms with Gasteiger partial charge in [0, 0.05) is 16.8 Å². The third-order valence-electron chi connectivity index (χ3n) is 3.33. The molecule has 0 bridgehead atoms. The minimum atomic E-state index is -2.83. The molecule has 1 aromatic heterocycles. The second-order valence-corrected chi connectivity index (χ2v) is 8.17. The summed E-state index contributed by atoms with van der Waals surface area (Å²) in [5.74, 6) is 0.699. The van der Waals surface area contributed by atoms with Gasteiger partial charge in [-0.1, -0.05) is 6.92 Å². The molecule has 0 aliphatic carbocycles. The lowest BCUT2D eigenvalue weighted by atomic mass is 10.1. The van der Waals surface area contributed by atoms with Crippen molar-refractivity contribution >= 4 is 21.2 Å². The van der Waals surface area contributed by atoms with Crippen molar-refractivity contribution in [2.45, 2.75) is 39.2 Å². The Labute approximate surface area is 113 Å². The van der Waals surface area contributed by atoms with Gasteiger partial charge in [-0.3, -0.25) is 0 Å². The van der Waals surface area contributed by atoms with Crippen molar-refractivity contribution in [3.63, 3.8) is 0 Å². The molecule has 2 atom stereocenters. The van der Waals surface area contributed by atoms with E-state index < -0.39 is 9.84 Å². The Morgan fingerprint density at radius 1 is 1.56 bits per heavy atom. The van der Waals surface area contributed by atoms with Gasteiger partial charge in [-0.05, 0) is 26.8 Å². The van der Waals surface area contributed by atoms with Gasteiger partial charge >= 0.3 is 0 Å². The molecule has 102 valence electrons. The highest BCUT2D eigenvalue weighted by atomic mass is 32.2. The first-order chi connectivity index (χ1) is 8.43. The van der Waals surface area contributed by atoms with Gasteiger partial charge in [-0.2, -0.15) is 0 Å². The second kappa shape index (κ2) is 5.27. The van der Waals surface area contributed by atoms with Crippen LogP contribution in [0.3, 0.4) is 0 Å². The van der Waals surface area contributed by atoms with E-state index in [1.165, 1.54) is 4.88 Å². The van der Waals surface area contributed by atoms with Crippen LogP contribution in [0.25, 0.3) is 0 Å². The van der Waals surface area contributed by atoms with E-state index in [1.54, 1.807) is 11.3 Å². The predicted octanol–water partition coefficient (Wildman–Crippen LogP) is 2.02. The molecule has 2 unspecified atom stereocenters. The fourth-order valence-electron chi connectivity index (χ4n) is 2.39. The highest BCUT2D eigenvalue weighted by Gasteiger charge is 2.31. The van der Waals surface area contributed by atoms with Crippen molar-refractivity contribution < 1.29 is 8.42 Å². The summed E-state index contributed by atoms with van der Waals surface area (Å²) in [4.78, 5) is 5.81. The van der Waals surface area contributed by atoms with Crippen LogP contribution < -0.4 is 5.32 Å². The SMILES string of the molecule is CCNC(C)c1sc(C2CCS(=O)(=O)C2)nc1C.